The molecule has 1 saturated heterocycles. The van der Waals surface area contributed by atoms with E-state index in [1.807, 2.05) is 118 Å². The number of ether oxygens (including phenoxy) is 2. The normalized spacial score (nSPS) is 17.9. The van der Waals surface area contributed by atoms with Crippen LogP contribution >= 0.6 is 11.3 Å². The maximum atomic E-state index is 16.2. The Morgan fingerprint density at radius 3 is 2.30 bits per heavy atom. The van der Waals surface area contributed by atoms with E-state index < -0.39 is 46.8 Å². The average molecular weight is 977 g/mol. The van der Waals surface area contributed by atoms with Crippen molar-refractivity contribution in [2.45, 2.75) is 117 Å². The summed E-state index contributed by atoms with van der Waals surface area (Å²) in [5.41, 5.74) is 6.63. The van der Waals surface area contributed by atoms with Crippen LogP contribution in [-0.4, -0.2) is 87.6 Å². The fourth-order valence-electron chi connectivity index (χ4n) is 9.71. The van der Waals surface area contributed by atoms with Crippen LogP contribution in [0.5, 0.6) is 5.75 Å². The number of aryl methyl sites for hydroxylation is 1. The minimum absolute atomic E-state index is 0.0150. The van der Waals surface area contributed by atoms with E-state index in [2.05, 4.69) is 20.6 Å². The number of thiazole rings is 1. The Labute approximate surface area is 412 Å². The number of halogens is 3. The summed E-state index contributed by atoms with van der Waals surface area (Å²) < 4.78 is 59.3. The van der Waals surface area contributed by atoms with E-state index in [0.29, 0.717) is 44.5 Å². The fourth-order valence-corrected chi connectivity index (χ4v) is 10.5. The summed E-state index contributed by atoms with van der Waals surface area (Å²) >= 11 is 1.59. The fraction of sp³-hybridized carbons (Fsp3) is 0.418. The summed E-state index contributed by atoms with van der Waals surface area (Å²) in [7, 11) is 0. The van der Waals surface area contributed by atoms with Crippen LogP contribution in [0.2, 0.25) is 0 Å². The third-order valence-electron chi connectivity index (χ3n) is 13.3. The summed E-state index contributed by atoms with van der Waals surface area (Å²) in [5, 5.41) is 6.88. The third kappa shape index (κ3) is 11.6. The number of nitrogens with zero attached hydrogens (tertiary/aromatic N) is 3. The van der Waals surface area contributed by atoms with Gasteiger partial charge in [-0.25, -0.2) is 18.2 Å². The van der Waals surface area contributed by atoms with Crippen molar-refractivity contribution in [3.63, 3.8) is 0 Å². The van der Waals surface area contributed by atoms with Crippen LogP contribution in [0, 0.1) is 24.0 Å². The molecule has 0 bridgehead atoms. The van der Waals surface area contributed by atoms with Gasteiger partial charge in [0.25, 0.3) is 0 Å². The minimum Gasteiger partial charge on any atom is -0.489 e. The lowest BCUT2D eigenvalue weighted by Crippen LogP contribution is -2.58. The molecule has 370 valence electrons. The van der Waals surface area contributed by atoms with Gasteiger partial charge in [0.05, 0.1) is 28.7 Å². The highest BCUT2D eigenvalue weighted by molar-refractivity contribution is 7.13. The maximum absolute atomic E-state index is 16.2. The molecule has 4 atom stereocenters. The molecule has 15 heteroatoms. The van der Waals surface area contributed by atoms with E-state index >= 15 is 13.2 Å². The molecule has 1 fully saturated rings. The zero-order valence-corrected chi connectivity index (χ0v) is 41.8. The lowest BCUT2D eigenvalue weighted by Gasteiger charge is -2.43. The third-order valence-corrected chi connectivity index (χ3v) is 14.3. The first kappa shape index (κ1) is 50.4. The number of nitrogens with one attached hydrogen (secondary N) is 3. The van der Waals surface area contributed by atoms with Crippen molar-refractivity contribution in [1.82, 2.24) is 30.4 Å². The quantitative estimate of drug-likeness (QED) is 0.0777. The van der Waals surface area contributed by atoms with Crippen LogP contribution < -0.4 is 15.4 Å². The summed E-state index contributed by atoms with van der Waals surface area (Å²) in [6, 6.07) is 23.1. The number of alkyl halides is 1. The molecule has 11 nitrogen and oxygen atoms in total. The number of aromatic nitrogens is 2. The number of rotatable bonds is 17. The largest absolute Gasteiger partial charge is 0.489 e. The summed E-state index contributed by atoms with van der Waals surface area (Å²) in [6.45, 7) is 13.3. The Morgan fingerprint density at radius 1 is 0.943 bits per heavy atom. The van der Waals surface area contributed by atoms with Gasteiger partial charge in [-0.3, -0.25) is 19.3 Å². The van der Waals surface area contributed by atoms with Gasteiger partial charge in [0, 0.05) is 60.0 Å². The van der Waals surface area contributed by atoms with Crippen LogP contribution in [0.25, 0.3) is 21.3 Å². The monoisotopic (exact) mass is 976 g/mol. The number of carbonyl (C=O) groups is 3. The van der Waals surface area contributed by atoms with Crippen LogP contribution in [0.15, 0.2) is 90.4 Å². The predicted octanol–water partition coefficient (Wildman–Crippen LogP) is 9.94. The molecular weight excluding hydrogens is 914 g/mol. The summed E-state index contributed by atoms with van der Waals surface area (Å²) in [5.74, 6) is -2.48. The van der Waals surface area contributed by atoms with Crippen LogP contribution in [-0.2, 0) is 45.1 Å². The Hall–Kier alpha value is -6.03. The van der Waals surface area contributed by atoms with Crippen molar-refractivity contribution < 1.29 is 37.0 Å². The van der Waals surface area contributed by atoms with Crippen molar-refractivity contribution in [3.05, 3.63) is 141 Å². The van der Waals surface area contributed by atoms with Gasteiger partial charge >= 0.3 is 0 Å². The van der Waals surface area contributed by atoms with Gasteiger partial charge in [-0.15, -0.1) is 11.3 Å². The minimum atomic E-state index is -1.61. The van der Waals surface area contributed by atoms with Gasteiger partial charge < -0.3 is 30.0 Å². The number of benzene rings is 4. The second-order valence-corrected chi connectivity index (χ2v) is 21.2. The van der Waals surface area contributed by atoms with E-state index in [-0.39, 0.29) is 55.5 Å². The molecule has 4 heterocycles. The number of carbonyl (C=O) groups excluding carboxylic acids is 3. The molecule has 2 aliphatic heterocycles. The highest BCUT2D eigenvalue weighted by Gasteiger charge is 2.43. The molecular formula is C55H63F3N6O5S. The smallest absolute Gasteiger partial charge is 0.246 e. The van der Waals surface area contributed by atoms with Crippen LogP contribution in [0.3, 0.4) is 0 Å². The molecule has 6 aromatic rings. The first-order valence-electron chi connectivity index (χ1n) is 24.0. The second-order valence-electron chi connectivity index (χ2n) is 20.4. The van der Waals surface area contributed by atoms with Gasteiger partial charge in [-0.2, -0.15) is 0 Å². The number of aromatic amines is 1. The van der Waals surface area contributed by atoms with Gasteiger partial charge in [0.15, 0.2) is 0 Å². The van der Waals surface area contributed by atoms with E-state index in [4.69, 9.17) is 9.47 Å². The Kier molecular flexibility index (Phi) is 15.2. The first-order valence-corrected chi connectivity index (χ1v) is 24.9. The van der Waals surface area contributed by atoms with Gasteiger partial charge in [0.2, 0.25) is 17.7 Å². The lowest BCUT2D eigenvalue weighted by molar-refractivity contribution is -0.144. The standard InChI is InChI=1S/C55H63F3N6O5S/c1-33-25-41-40-11-8-9-12-44(40)61-48(41)49(64(33)31-55(6,7)58)47-42(56)26-39(27-43(47)57)69-29-37-16-14-35(15-17-37)22-24-68-30-46(65)62-51(54(3,4)5)53(67)63-23-10-13-45(63)52(66)59-28-36-18-20-38(21-19-36)50-34(2)60-32-70-50/h8-9,11-12,14-21,26-27,32-33,45,49,51,61H,10,13,22-25,28-31H2,1-7H3,(H,59,66)(H,62,65)/t33-,45+,49-,51-/m1/s1. The number of H-pyrrole nitrogens is 1. The van der Waals surface area contributed by atoms with Crippen molar-refractivity contribution in [1.29, 1.82) is 0 Å². The Morgan fingerprint density at radius 2 is 1.63 bits per heavy atom. The number of amides is 3. The Bertz CT molecular complexity index is 2790. The van der Waals surface area contributed by atoms with Crippen molar-refractivity contribution in [3.8, 4) is 16.2 Å². The van der Waals surface area contributed by atoms with Gasteiger partial charge in [-0.1, -0.05) is 87.5 Å². The average Bonchev–Trinajstić information content (AvgIpc) is 4.07. The SMILES string of the molecule is Cc1ncsc1-c1ccc(CNC(=O)[C@@H]2CCCN2C(=O)[C@@H](NC(=O)COCCc2ccc(COc3cc(F)c([C@@H]4c5[nH]c6ccccc6c5C[C@@H](C)N4CC(C)(C)F)c(F)c3)cc2)C(C)(C)C)cc1. The highest BCUT2D eigenvalue weighted by Crippen LogP contribution is 2.44. The molecule has 0 unspecified atom stereocenters. The van der Waals surface area contributed by atoms with E-state index in [1.165, 1.54) is 26.0 Å². The van der Waals surface area contributed by atoms with Crippen molar-refractivity contribution in [2.75, 3.05) is 26.3 Å². The predicted molar refractivity (Wildman–Crippen MR) is 267 cm³/mol. The molecule has 2 aliphatic rings. The van der Waals surface area contributed by atoms with E-state index in [9.17, 15) is 14.4 Å². The van der Waals surface area contributed by atoms with Crippen LogP contribution in [0.4, 0.5) is 13.2 Å². The van der Waals surface area contributed by atoms with Gasteiger partial charge in [-0.05, 0) is 92.7 Å². The number of fused-ring (bicyclic) bond motifs is 3. The van der Waals surface area contributed by atoms with Crippen LogP contribution in [0.1, 0.15) is 99.6 Å². The Balaban J connectivity index is 0.812. The zero-order chi connectivity index (χ0) is 49.9. The lowest BCUT2D eigenvalue weighted by atomic mass is 9.85. The number of likely N-dealkylation sites (tertiary alicyclic amines) is 1. The highest BCUT2D eigenvalue weighted by atomic mass is 32.1. The first-order chi connectivity index (χ1) is 33.3. The molecule has 4 aromatic carbocycles. The zero-order valence-electron chi connectivity index (χ0n) is 41.0. The molecule has 0 aliphatic carbocycles. The molecule has 0 saturated carbocycles. The molecule has 3 N–H and O–H groups in total. The molecule has 70 heavy (non-hydrogen) atoms. The molecule has 2 aromatic heterocycles. The summed E-state index contributed by atoms with van der Waals surface area (Å²) in [4.78, 5) is 52.9. The number of hydrogen-bond acceptors (Lipinski definition) is 8. The topological polar surface area (TPSA) is 129 Å². The second kappa shape index (κ2) is 21.1. The molecule has 0 radical (unpaired) electrons. The summed E-state index contributed by atoms with van der Waals surface area (Å²) in [6.07, 6.45) is 2.33. The van der Waals surface area contributed by atoms with Gasteiger partial charge in [0.1, 0.15) is 48.4 Å². The van der Waals surface area contributed by atoms with E-state index in [1.54, 1.807) is 16.2 Å². The van der Waals surface area contributed by atoms with Crippen molar-refractivity contribution in [2.24, 2.45) is 5.41 Å². The maximum Gasteiger partial charge on any atom is 0.246 e. The number of para-hydroxylation sites is 1. The number of hydrogen-bond donors (Lipinski definition) is 3. The molecule has 3 amide bonds. The van der Waals surface area contributed by atoms with Crippen molar-refractivity contribution >= 4 is 40.0 Å². The molecule has 0 spiro atoms. The molecule has 8 rings (SSSR count). The van der Waals surface area contributed by atoms with E-state index in [0.717, 1.165) is 49.3 Å².